The van der Waals surface area contributed by atoms with E-state index in [0.717, 1.165) is 0 Å². The Morgan fingerprint density at radius 2 is 0.848 bits per heavy atom. The fraction of sp³-hybridized carbons (Fsp3) is 0.375. The van der Waals surface area contributed by atoms with E-state index >= 15 is 0 Å². The number of aliphatic hydroxyl groups excluding tert-OH is 6. The van der Waals surface area contributed by atoms with Crippen LogP contribution in [0.3, 0.4) is 0 Å². The molecule has 3 aromatic carbocycles. The van der Waals surface area contributed by atoms with E-state index in [1.54, 1.807) is 39.0 Å². The molecule has 0 spiro atoms. The van der Waals surface area contributed by atoms with Crippen LogP contribution < -0.4 is 58.9 Å². The minimum Gasteiger partial charge on any atom is -0.480 e. The molecular weight excluding hydrogens is 1470 g/mol. The third-order valence-corrected chi connectivity index (χ3v) is 19.0. The van der Waals surface area contributed by atoms with Crippen molar-refractivity contribution in [2.45, 2.75) is 113 Å². The normalized spacial score (nSPS) is 22.8. The van der Waals surface area contributed by atoms with Gasteiger partial charge in [-0.25, -0.2) is 79.5 Å². The Bertz CT molecular complexity index is 4840. The molecule has 6 aromatic heterocycles. The smallest absolute Gasteiger partial charge is 0.257 e. The molecule has 3 fully saturated rings. The Morgan fingerprint density at radius 3 is 1.20 bits per heavy atom. The van der Waals surface area contributed by atoms with Crippen molar-refractivity contribution in [3.63, 3.8) is 0 Å². The third-order valence-electron chi connectivity index (χ3n) is 19.0. The largest absolute Gasteiger partial charge is 0.480 e. The van der Waals surface area contributed by atoms with Crippen molar-refractivity contribution >= 4 is 41.2 Å². The summed E-state index contributed by atoms with van der Waals surface area (Å²) in [6.07, 6.45) is 1.16. The van der Waals surface area contributed by atoms with E-state index in [4.69, 9.17) is 76.1 Å². The Labute approximate surface area is 636 Å². The molecule has 0 radical (unpaired) electrons. The summed E-state index contributed by atoms with van der Waals surface area (Å²) >= 11 is 0. The molecule has 12 heterocycles. The number of nitrogens with one attached hydrogen (secondary N) is 4. The summed E-state index contributed by atoms with van der Waals surface area (Å²) < 4.78 is 69.4. The number of hydrogen-bond donors (Lipinski definition) is 14. The number of hydrogen-bond acceptors (Lipinski definition) is 37. The fourth-order valence-corrected chi connectivity index (χ4v) is 13.5. The number of hydroxylamine groups is 3. The van der Waals surface area contributed by atoms with Crippen molar-refractivity contribution in [2.75, 3.05) is 83.8 Å². The van der Waals surface area contributed by atoms with Gasteiger partial charge in [-0.3, -0.25) is 39.5 Å². The van der Waals surface area contributed by atoms with E-state index in [0.29, 0.717) is 150 Å². The molecule has 9 aromatic rings. The molecule has 112 heavy (non-hydrogen) atoms. The molecule has 6 aliphatic rings. The predicted octanol–water partition coefficient (Wildman–Crippen LogP) is 1.13. The zero-order valence-corrected chi connectivity index (χ0v) is 61.0. The number of fused-ring (bicyclic) bond motifs is 3. The van der Waals surface area contributed by atoms with Gasteiger partial charge < -0.3 is 82.6 Å². The number of nitrogen functional groups attached to an aromatic ring is 4. The van der Waals surface area contributed by atoms with E-state index < -0.39 is 90.5 Å². The van der Waals surface area contributed by atoms with Crippen LogP contribution in [0, 0.1) is 38.2 Å². The van der Waals surface area contributed by atoms with Crippen LogP contribution in [0.5, 0.6) is 17.6 Å². The fourth-order valence-electron chi connectivity index (χ4n) is 13.5. The van der Waals surface area contributed by atoms with Crippen LogP contribution in [-0.2, 0) is 43.2 Å². The highest BCUT2D eigenvalue weighted by Gasteiger charge is 2.39. The van der Waals surface area contributed by atoms with Gasteiger partial charge >= 0.3 is 0 Å². The molecule has 12 atom stereocenters. The van der Waals surface area contributed by atoms with Crippen molar-refractivity contribution in [3.05, 3.63) is 171 Å². The molecule has 0 saturated carbocycles. The van der Waals surface area contributed by atoms with Crippen molar-refractivity contribution in [1.82, 2.24) is 81.6 Å². The van der Waals surface area contributed by atoms with Crippen LogP contribution in [0.1, 0.15) is 85.7 Å². The average molecular weight is 1550 g/mol. The number of β-amino-alcohol motifs (C(OH)–C–C–N with tert-alkyl or cyclic N) is 1. The number of amidine groups is 3. The van der Waals surface area contributed by atoms with Crippen molar-refractivity contribution in [2.24, 2.45) is 15.0 Å². The summed E-state index contributed by atoms with van der Waals surface area (Å²) in [6.45, 7) is 5.61. The first kappa shape index (κ1) is 78.6. The van der Waals surface area contributed by atoms with Crippen LogP contribution in [-0.4, -0.2) is 224 Å². The maximum atomic E-state index is 14.4. The molecule has 40 heteroatoms. The lowest BCUT2D eigenvalue weighted by Crippen LogP contribution is -2.41. The van der Waals surface area contributed by atoms with E-state index in [2.05, 4.69) is 81.6 Å². The zero-order valence-electron chi connectivity index (χ0n) is 61.0. The number of rotatable bonds is 18. The lowest BCUT2D eigenvalue weighted by atomic mass is 9.91. The number of benzene rings is 3. The summed E-state index contributed by atoms with van der Waals surface area (Å²) in [7, 11) is 4.37. The molecule has 0 bridgehead atoms. The Balaban J connectivity index is 0.000000147. The summed E-state index contributed by atoms with van der Waals surface area (Å²) in [5.74, 6) is 0.832. The van der Waals surface area contributed by atoms with Crippen LogP contribution >= 0.6 is 0 Å². The van der Waals surface area contributed by atoms with E-state index in [1.807, 2.05) is 0 Å². The minimum atomic E-state index is -1.07. The van der Waals surface area contributed by atoms with E-state index in [-0.39, 0.29) is 69.1 Å². The molecule has 3 saturated heterocycles. The van der Waals surface area contributed by atoms with Crippen LogP contribution in [0.25, 0.3) is 33.8 Å². The second-order valence-electron chi connectivity index (χ2n) is 26.5. The Morgan fingerprint density at radius 1 is 0.464 bits per heavy atom. The number of aromatic nitrogens is 12. The van der Waals surface area contributed by atoms with Gasteiger partial charge in [-0.15, -0.1) is 0 Å². The number of anilines is 4. The molecule has 15 rings (SSSR count). The lowest BCUT2D eigenvalue weighted by molar-refractivity contribution is -0.0457. The highest BCUT2D eigenvalue weighted by Crippen LogP contribution is 2.40. The van der Waals surface area contributed by atoms with Crippen molar-refractivity contribution in [1.29, 1.82) is 0 Å². The topological polar surface area (TPSA) is 539 Å². The molecular formula is C72H80F3N23O14. The SMILES string of the molecule is COc1cncc(-c2cc(F)ccc2[C@H]2Cc3nc(N)nc(C)c3C(NOCC3NCC(O)C3O)=N2)n1.COc1cncc(-c2cc(F)ccc2[C@H]2Cc3nc(N)nc(C)c3C(NOCC3OCC(O)C3O)=N2)n1.COc1nc(-c2cc(F)ccc2[C@H]2Cc3nc(N)nc(C)c3C(NOCC3OCC(O)C3O)=N2)cnc1N. The maximum absolute atomic E-state index is 14.4. The van der Waals surface area contributed by atoms with Gasteiger partial charge in [0.25, 0.3) is 5.88 Å². The molecule has 37 nitrogen and oxygen atoms in total. The highest BCUT2D eigenvalue weighted by molar-refractivity contribution is 6.02. The molecule has 0 aliphatic carbocycles. The second-order valence-corrected chi connectivity index (χ2v) is 26.5. The summed E-state index contributed by atoms with van der Waals surface area (Å²) in [6, 6.07) is 11.1. The van der Waals surface area contributed by atoms with E-state index in [1.165, 1.54) is 88.7 Å². The number of aliphatic imine (C=N–C) groups is 3. The predicted molar refractivity (Wildman–Crippen MR) is 393 cm³/mol. The number of methoxy groups -OCH3 is 3. The Kier molecular flexibility index (Phi) is 24.1. The van der Waals surface area contributed by atoms with Crippen molar-refractivity contribution in [3.8, 4) is 51.4 Å². The van der Waals surface area contributed by atoms with Gasteiger partial charge in [0.15, 0.2) is 23.3 Å². The first-order chi connectivity index (χ1) is 53.9. The summed E-state index contributed by atoms with van der Waals surface area (Å²) in [4.78, 5) is 83.1. The maximum Gasteiger partial charge on any atom is 0.257 e. The van der Waals surface area contributed by atoms with Crippen LogP contribution in [0.2, 0.25) is 0 Å². The number of aryl methyl sites for hydroxylation is 3. The number of nitrogens with zero attached hydrogens (tertiary/aromatic N) is 15. The average Bonchev–Trinajstić information content (AvgIpc) is 1.18. The molecule has 9 unspecified atom stereocenters. The number of halogens is 3. The first-order valence-corrected chi connectivity index (χ1v) is 35.0. The monoisotopic (exact) mass is 1550 g/mol. The van der Waals surface area contributed by atoms with Crippen LogP contribution in [0.15, 0.2) is 101 Å². The zero-order chi connectivity index (χ0) is 79.2. The molecule has 588 valence electrons. The van der Waals surface area contributed by atoms with Gasteiger partial charge in [-0.1, -0.05) is 18.2 Å². The Hall–Kier alpha value is -11.5. The van der Waals surface area contributed by atoms with Gasteiger partial charge in [0.1, 0.15) is 67.3 Å². The van der Waals surface area contributed by atoms with Gasteiger partial charge in [-0.05, 0) is 73.9 Å². The van der Waals surface area contributed by atoms with Gasteiger partial charge in [-0.2, -0.15) is 0 Å². The molecule has 6 aliphatic heterocycles. The van der Waals surface area contributed by atoms with E-state index in [9.17, 15) is 43.8 Å². The summed E-state index contributed by atoms with van der Waals surface area (Å²) in [5.41, 5.74) is 42.4. The van der Waals surface area contributed by atoms with Gasteiger partial charge in [0, 0.05) is 42.5 Å². The molecule has 18 N–H and O–H groups in total. The lowest BCUT2D eigenvalue weighted by Gasteiger charge is -2.26. The molecule has 0 amide bonds. The van der Waals surface area contributed by atoms with Gasteiger partial charge in [0.05, 0.1) is 176 Å². The number of ether oxygens (including phenoxy) is 5. The third kappa shape index (κ3) is 17.5. The highest BCUT2D eigenvalue weighted by atomic mass is 19.1. The standard InChI is InChI=1S/C24H27FN8O5.C24H27FN8O4.C24H26FN7O5/c1-10-19-15(32-24(27)29-10)6-14(30-22(19)33-38-9-18-20(35)17(34)8-37-18)12-4-3-11(25)5-13(12)16-7-28-21(26)23(31-16)36-2;1-11-21-16(32-24(26)29-11)6-15(31-23(21)33-37-10-18-22(35)19(34)8-28-18)13-4-3-12(25)5-14(13)17-7-27-9-20(30-17)36-2;1-11-21-16(31-24(26)28-11)6-15(30-23(21)32-37-10-19-22(34)18(33)9-36-19)13-4-3-12(25)5-14(13)17-7-27-8-20(29-17)35-2/h3-5,7,14,17-18,20,34-35H,6,8-9H2,1-2H3,(H2,26,28)(H,30,33)(H2,27,29,32);3-5,7,9,15,18-19,22,28,34-35H,6,8,10H2,1-2H3,(H,31,33)(H2,26,29,32);3-5,7-8,15,18-19,22,33-34H,6,9-10H2,1-2H3,(H,30,32)(H2,26,28,31)/t14-,17?,18?,20?;2*15-,18?,19?,22?/m111/s1. The quantitative estimate of drug-likeness (QED) is 0.0535. The van der Waals surface area contributed by atoms with Crippen molar-refractivity contribution < 1.29 is 82.0 Å². The van der Waals surface area contributed by atoms with Crippen LogP contribution in [0.4, 0.5) is 36.8 Å². The second kappa shape index (κ2) is 34.4. The number of nitrogens with two attached hydrogens (primary N) is 4. The first-order valence-electron chi connectivity index (χ1n) is 35.0. The number of aliphatic hydroxyl groups is 6. The minimum absolute atomic E-state index is 0.0133. The van der Waals surface area contributed by atoms with Gasteiger partial charge in [0.2, 0.25) is 29.6 Å². The summed E-state index contributed by atoms with van der Waals surface area (Å²) in [5, 5.41) is 62.3.